The van der Waals surface area contributed by atoms with Crippen LogP contribution in [0.15, 0.2) is 46.6 Å². The molecule has 7 nitrogen and oxygen atoms in total. The Morgan fingerprint density at radius 1 is 1.41 bits per heavy atom. The highest BCUT2D eigenvalue weighted by Gasteiger charge is 2.38. The Bertz CT molecular complexity index is 996. The fourth-order valence-corrected chi connectivity index (χ4v) is 3.49. The summed E-state index contributed by atoms with van der Waals surface area (Å²) in [6, 6.07) is 8.48. The number of methoxy groups -OCH3 is 1. The molecule has 0 saturated heterocycles. The SMILES string of the molecule is COC(=O)C1=C(N)Oc2cc(C)n(CCO)c(=O)c2C1c1cccc(Cl)c1. The molecule has 8 heteroatoms. The molecule has 1 atom stereocenters. The lowest BCUT2D eigenvalue weighted by Crippen LogP contribution is -2.35. The molecule has 27 heavy (non-hydrogen) atoms. The van der Waals surface area contributed by atoms with Gasteiger partial charge in [-0.25, -0.2) is 4.79 Å². The van der Waals surface area contributed by atoms with Gasteiger partial charge in [0.25, 0.3) is 5.56 Å². The molecular weight excluding hydrogens is 372 g/mol. The van der Waals surface area contributed by atoms with Crippen LogP contribution in [0.1, 0.15) is 22.7 Å². The average Bonchev–Trinajstić information content (AvgIpc) is 2.63. The van der Waals surface area contributed by atoms with E-state index in [0.29, 0.717) is 16.3 Å². The molecule has 0 fully saturated rings. The van der Waals surface area contributed by atoms with Crippen LogP contribution in [0.5, 0.6) is 5.75 Å². The number of aromatic nitrogens is 1. The molecule has 1 aliphatic heterocycles. The molecule has 0 bridgehead atoms. The van der Waals surface area contributed by atoms with Gasteiger partial charge in [-0.3, -0.25) is 4.79 Å². The van der Waals surface area contributed by atoms with Gasteiger partial charge in [0.15, 0.2) is 0 Å². The number of halogens is 1. The Labute approximate surface area is 160 Å². The topological polar surface area (TPSA) is 104 Å². The van der Waals surface area contributed by atoms with Crippen molar-refractivity contribution in [2.75, 3.05) is 13.7 Å². The largest absolute Gasteiger partial charge is 0.465 e. The van der Waals surface area contributed by atoms with Crippen LogP contribution in [0.25, 0.3) is 0 Å². The average molecular weight is 391 g/mol. The van der Waals surface area contributed by atoms with Crippen LogP contribution in [0.3, 0.4) is 0 Å². The molecule has 0 amide bonds. The van der Waals surface area contributed by atoms with Gasteiger partial charge in [0.1, 0.15) is 11.3 Å². The van der Waals surface area contributed by atoms with E-state index >= 15 is 0 Å². The van der Waals surface area contributed by atoms with Gasteiger partial charge in [-0.1, -0.05) is 23.7 Å². The minimum atomic E-state index is -0.807. The second-order valence-corrected chi connectivity index (χ2v) is 6.54. The number of esters is 1. The summed E-state index contributed by atoms with van der Waals surface area (Å²) < 4.78 is 11.9. The first-order chi connectivity index (χ1) is 12.9. The van der Waals surface area contributed by atoms with Crippen LogP contribution in [0, 0.1) is 6.92 Å². The van der Waals surface area contributed by atoms with Gasteiger partial charge in [0, 0.05) is 23.3 Å². The number of hydrogen-bond acceptors (Lipinski definition) is 6. The zero-order chi connectivity index (χ0) is 19.7. The van der Waals surface area contributed by atoms with E-state index < -0.39 is 11.9 Å². The number of carbonyl (C=O) groups excluding carboxylic acids is 1. The van der Waals surface area contributed by atoms with Crippen molar-refractivity contribution in [1.29, 1.82) is 0 Å². The van der Waals surface area contributed by atoms with E-state index in [1.54, 1.807) is 37.3 Å². The second kappa shape index (κ2) is 7.46. The van der Waals surface area contributed by atoms with E-state index in [9.17, 15) is 14.7 Å². The number of fused-ring (bicyclic) bond motifs is 1. The van der Waals surface area contributed by atoms with Crippen LogP contribution < -0.4 is 16.0 Å². The van der Waals surface area contributed by atoms with Crippen LogP contribution in [0.2, 0.25) is 5.02 Å². The Balaban J connectivity index is 2.34. The summed E-state index contributed by atoms with van der Waals surface area (Å²) >= 11 is 6.12. The molecule has 1 aliphatic rings. The van der Waals surface area contributed by atoms with Crippen LogP contribution in [-0.2, 0) is 16.1 Å². The molecule has 142 valence electrons. The van der Waals surface area contributed by atoms with Crippen LogP contribution in [-0.4, -0.2) is 29.4 Å². The maximum absolute atomic E-state index is 13.2. The molecule has 2 aromatic rings. The number of aliphatic hydroxyl groups excluding tert-OH is 1. The zero-order valence-electron chi connectivity index (χ0n) is 14.9. The second-order valence-electron chi connectivity index (χ2n) is 6.10. The number of hydrogen-bond donors (Lipinski definition) is 2. The number of rotatable bonds is 4. The normalized spacial score (nSPS) is 15.9. The Morgan fingerprint density at radius 3 is 2.78 bits per heavy atom. The van der Waals surface area contributed by atoms with Gasteiger partial charge < -0.3 is 24.9 Å². The molecule has 0 spiro atoms. The molecule has 0 saturated carbocycles. The summed E-state index contributed by atoms with van der Waals surface area (Å²) in [5, 5.41) is 9.75. The number of pyridine rings is 1. The molecule has 1 unspecified atom stereocenters. The predicted molar refractivity (Wildman–Crippen MR) is 99.7 cm³/mol. The maximum Gasteiger partial charge on any atom is 0.340 e. The highest BCUT2D eigenvalue weighted by Crippen LogP contribution is 2.41. The van der Waals surface area contributed by atoms with Crippen molar-refractivity contribution in [3.63, 3.8) is 0 Å². The van der Waals surface area contributed by atoms with Crippen molar-refractivity contribution in [2.45, 2.75) is 19.4 Å². The molecular formula is C19H19ClN2O5. The maximum atomic E-state index is 13.2. The molecule has 2 heterocycles. The van der Waals surface area contributed by atoms with Gasteiger partial charge in [0.05, 0.1) is 25.2 Å². The Morgan fingerprint density at radius 2 is 2.15 bits per heavy atom. The van der Waals surface area contributed by atoms with Crippen molar-refractivity contribution in [1.82, 2.24) is 4.57 Å². The number of aryl methyl sites for hydroxylation is 1. The van der Waals surface area contributed by atoms with Crippen molar-refractivity contribution in [2.24, 2.45) is 5.73 Å². The van der Waals surface area contributed by atoms with Crippen LogP contribution >= 0.6 is 11.6 Å². The smallest absolute Gasteiger partial charge is 0.340 e. The molecule has 3 N–H and O–H groups in total. The van der Waals surface area contributed by atoms with Crippen molar-refractivity contribution >= 4 is 17.6 Å². The number of carbonyl (C=O) groups is 1. The van der Waals surface area contributed by atoms with Gasteiger partial charge in [-0.05, 0) is 24.6 Å². The lowest BCUT2D eigenvalue weighted by Gasteiger charge is -2.29. The Hall–Kier alpha value is -2.77. The molecule has 3 rings (SSSR count). The standard InChI is InChI=1S/C19H19ClN2O5/c1-10-8-13-15(18(24)22(10)6-7-23)14(11-4-3-5-12(20)9-11)16(17(21)27-13)19(25)26-2/h3-5,8-9,14,23H,6-7,21H2,1-2H3. The number of nitrogens with two attached hydrogens (primary N) is 1. The lowest BCUT2D eigenvalue weighted by molar-refractivity contribution is -0.136. The lowest BCUT2D eigenvalue weighted by atomic mass is 9.83. The number of nitrogens with zero attached hydrogens (tertiary/aromatic N) is 1. The Kier molecular flexibility index (Phi) is 5.25. The van der Waals surface area contributed by atoms with Crippen LogP contribution in [0.4, 0.5) is 0 Å². The molecule has 0 aliphatic carbocycles. The first kappa shape index (κ1) is 19.0. The predicted octanol–water partition coefficient (Wildman–Crippen LogP) is 1.67. The van der Waals surface area contributed by atoms with E-state index in [1.165, 1.54) is 11.7 Å². The summed E-state index contributed by atoms with van der Waals surface area (Å²) in [4.78, 5) is 25.6. The van der Waals surface area contributed by atoms with Gasteiger partial charge in [-0.2, -0.15) is 0 Å². The summed E-state index contributed by atoms with van der Waals surface area (Å²) in [6.07, 6.45) is 0. The molecule has 0 radical (unpaired) electrons. The van der Waals surface area contributed by atoms with Crippen molar-refractivity contribution < 1.29 is 19.4 Å². The van der Waals surface area contributed by atoms with Gasteiger partial charge in [-0.15, -0.1) is 0 Å². The van der Waals surface area contributed by atoms with Crippen molar-refractivity contribution in [3.05, 3.63) is 74.0 Å². The minimum Gasteiger partial charge on any atom is -0.465 e. The van der Waals surface area contributed by atoms with Gasteiger partial charge in [0.2, 0.25) is 5.88 Å². The third kappa shape index (κ3) is 3.31. The molecule has 1 aromatic carbocycles. The first-order valence-corrected chi connectivity index (χ1v) is 8.63. The summed E-state index contributed by atoms with van der Waals surface area (Å²) in [5.41, 5.74) is 7.11. The van der Waals surface area contributed by atoms with E-state index in [1.807, 2.05) is 0 Å². The number of benzene rings is 1. The summed E-state index contributed by atoms with van der Waals surface area (Å²) in [6.45, 7) is 1.64. The summed E-state index contributed by atoms with van der Waals surface area (Å²) in [5.74, 6) is -1.37. The van der Waals surface area contributed by atoms with Gasteiger partial charge >= 0.3 is 5.97 Å². The number of ether oxygens (including phenoxy) is 2. The zero-order valence-corrected chi connectivity index (χ0v) is 15.6. The third-order valence-electron chi connectivity index (χ3n) is 4.48. The quantitative estimate of drug-likeness (QED) is 0.769. The molecule has 1 aromatic heterocycles. The van der Waals surface area contributed by atoms with Crippen molar-refractivity contribution in [3.8, 4) is 5.75 Å². The highest BCUT2D eigenvalue weighted by atomic mass is 35.5. The van der Waals surface area contributed by atoms with E-state index in [-0.39, 0.29) is 41.5 Å². The monoisotopic (exact) mass is 390 g/mol. The van der Waals surface area contributed by atoms with E-state index in [4.69, 9.17) is 26.8 Å². The minimum absolute atomic E-state index is 0.0313. The number of aliphatic hydroxyl groups is 1. The highest BCUT2D eigenvalue weighted by molar-refractivity contribution is 6.30. The van der Waals surface area contributed by atoms with E-state index in [0.717, 1.165) is 0 Å². The fraction of sp³-hybridized carbons (Fsp3) is 0.263. The van der Waals surface area contributed by atoms with E-state index in [2.05, 4.69) is 0 Å². The fourth-order valence-electron chi connectivity index (χ4n) is 3.29. The summed E-state index contributed by atoms with van der Waals surface area (Å²) in [7, 11) is 1.23. The first-order valence-electron chi connectivity index (χ1n) is 8.25. The third-order valence-corrected chi connectivity index (χ3v) is 4.72.